The van der Waals surface area contributed by atoms with E-state index in [1.807, 2.05) is 0 Å². The van der Waals surface area contributed by atoms with Gasteiger partial charge in [0, 0.05) is 18.1 Å². The standard InChI is InChI=1S/C17H28N2/c1-12-7-5-9-16(11-12)17(14(3)18)19-10-6-8-13(2)15(19)4/h5,7,9,11,13-15,17H,6,8,10,18H2,1-4H3. The fraction of sp³-hybridized carbons (Fsp3) is 0.647. The number of nitrogens with two attached hydrogens (primary N) is 1. The first-order valence-corrected chi connectivity index (χ1v) is 7.58. The summed E-state index contributed by atoms with van der Waals surface area (Å²) in [6.07, 6.45) is 2.64. The summed E-state index contributed by atoms with van der Waals surface area (Å²) in [5.74, 6) is 0.764. The molecular weight excluding hydrogens is 232 g/mol. The van der Waals surface area contributed by atoms with E-state index < -0.39 is 0 Å². The SMILES string of the molecule is Cc1cccc(C(C(C)N)N2CCCC(C)C2C)c1. The van der Waals surface area contributed by atoms with Gasteiger partial charge in [-0.1, -0.05) is 36.8 Å². The molecule has 1 aromatic carbocycles. The Morgan fingerprint density at radius 3 is 2.68 bits per heavy atom. The van der Waals surface area contributed by atoms with Gasteiger partial charge in [0.05, 0.1) is 0 Å². The van der Waals surface area contributed by atoms with Crippen LogP contribution < -0.4 is 5.73 Å². The lowest BCUT2D eigenvalue weighted by atomic mass is 9.87. The highest BCUT2D eigenvalue weighted by Gasteiger charge is 2.32. The summed E-state index contributed by atoms with van der Waals surface area (Å²) in [6.45, 7) is 10.2. The first-order chi connectivity index (χ1) is 9.00. The summed E-state index contributed by atoms with van der Waals surface area (Å²) < 4.78 is 0. The molecule has 1 aromatic rings. The van der Waals surface area contributed by atoms with E-state index in [-0.39, 0.29) is 6.04 Å². The summed E-state index contributed by atoms with van der Waals surface area (Å²) in [6, 6.07) is 9.95. The van der Waals surface area contributed by atoms with Gasteiger partial charge in [-0.2, -0.15) is 0 Å². The molecule has 19 heavy (non-hydrogen) atoms. The Morgan fingerprint density at radius 1 is 1.32 bits per heavy atom. The van der Waals surface area contributed by atoms with Crippen molar-refractivity contribution < 1.29 is 0 Å². The minimum absolute atomic E-state index is 0.162. The van der Waals surface area contributed by atoms with Gasteiger partial charge in [0.1, 0.15) is 0 Å². The smallest absolute Gasteiger partial charge is 0.0499 e. The van der Waals surface area contributed by atoms with Crippen LogP contribution in [0, 0.1) is 12.8 Å². The normalized spacial score (nSPS) is 28.1. The van der Waals surface area contributed by atoms with Gasteiger partial charge in [0.25, 0.3) is 0 Å². The summed E-state index contributed by atoms with van der Waals surface area (Å²) in [5.41, 5.74) is 9.01. The van der Waals surface area contributed by atoms with Gasteiger partial charge in [-0.3, -0.25) is 4.90 Å². The van der Waals surface area contributed by atoms with Crippen LogP contribution in [-0.4, -0.2) is 23.5 Å². The summed E-state index contributed by atoms with van der Waals surface area (Å²) in [4.78, 5) is 2.62. The maximum atomic E-state index is 6.32. The van der Waals surface area contributed by atoms with Crippen LogP contribution in [0.3, 0.4) is 0 Å². The Hall–Kier alpha value is -0.860. The molecule has 1 fully saturated rings. The van der Waals surface area contributed by atoms with Crippen molar-refractivity contribution in [2.24, 2.45) is 11.7 Å². The summed E-state index contributed by atoms with van der Waals surface area (Å²) in [5, 5.41) is 0. The van der Waals surface area contributed by atoms with E-state index in [0.29, 0.717) is 12.1 Å². The average Bonchev–Trinajstić information content (AvgIpc) is 2.34. The molecule has 0 aliphatic carbocycles. The summed E-state index contributed by atoms with van der Waals surface area (Å²) >= 11 is 0. The molecule has 1 saturated heterocycles. The van der Waals surface area contributed by atoms with Crippen molar-refractivity contribution in [2.45, 2.75) is 58.7 Å². The highest BCUT2D eigenvalue weighted by atomic mass is 15.2. The predicted molar refractivity (Wildman–Crippen MR) is 82.1 cm³/mol. The molecule has 0 bridgehead atoms. The van der Waals surface area contributed by atoms with E-state index in [1.54, 1.807) is 0 Å². The zero-order valence-electron chi connectivity index (χ0n) is 12.8. The van der Waals surface area contributed by atoms with Crippen LogP contribution in [0.5, 0.6) is 0 Å². The van der Waals surface area contributed by atoms with Crippen LogP contribution in [0.4, 0.5) is 0 Å². The highest BCUT2D eigenvalue weighted by Crippen LogP contribution is 2.33. The van der Waals surface area contributed by atoms with Crippen molar-refractivity contribution in [2.75, 3.05) is 6.54 Å². The molecule has 4 atom stereocenters. The lowest BCUT2D eigenvalue weighted by Crippen LogP contribution is -2.49. The maximum Gasteiger partial charge on any atom is 0.0499 e. The Labute approximate surface area is 118 Å². The zero-order valence-corrected chi connectivity index (χ0v) is 12.8. The van der Waals surface area contributed by atoms with Crippen LogP contribution in [0.25, 0.3) is 0 Å². The van der Waals surface area contributed by atoms with Crippen LogP contribution in [-0.2, 0) is 0 Å². The number of likely N-dealkylation sites (tertiary alicyclic amines) is 1. The van der Waals surface area contributed by atoms with Crippen molar-refractivity contribution >= 4 is 0 Å². The molecule has 2 heteroatoms. The van der Waals surface area contributed by atoms with Crippen LogP contribution in [0.15, 0.2) is 24.3 Å². The number of piperidine rings is 1. The van der Waals surface area contributed by atoms with Crippen molar-refractivity contribution in [3.05, 3.63) is 35.4 Å². The highest BCUT2D eigenvalue weighted by molar-refractivity contribution is 5.26. The molecule has 2 N–H and O–H groups in total. The summed E-state index contributed by atoms with van der Waals surface area (Å²) in [7, 11) is 0. The van der Waals surface area contributed by atoms with E-state index >= 15 is 0 Å². The lowest BCUT2D eigenvalue weighted by molar-refractivity contribution is 0.0579. The predicted octanol–water partition coefficient (Wildman–Crippen LogP) is 3.50. The van der Waals surface area contributed by atoms with E-state index in [2.05, 4.69) is 56.9 Å². The van der Waals surface area contributed by atoms with Gasteiger partial charge < -0.3 is 5.73 Å². The largest absolute Gasteiger partial charge is 0.326 e. The Balaban J connectivity index is 2.29. The van der Waals surface area contributed by atoms with Crippen LogP contribution in [0.1, 0.15) is 50.8 Å². The average molecular weight is 260 g/mol. The second-order valence-corrected chi connectivity index (χ2v) is 6.32. The Morgan fingerprint density at radius 2 is 2.05 bits per heavy atom. The van der Waals surface area contributed by atoms with Gasteiger partial charge in [0.15, 0.2) is 0 Å². The maximum absolute atomic E-state index is 6.32. The first kappa shape index (κ1) is 14.5. The van der Waals surface area contributed by atoms with Crippen LogP contribution in [0.2, 0.25) is 0 Å². The van der Waals surface area contributed by atoms with E-state index in [9.17, 15) is 0 Å². The zero-order chi connectivity index (χ0) is 14.0. The molecule has 106 valence electrons. The molecular formula is C17H28N2. The number of rotatable bonds is 3. The molecule has 0 saturated carbocycles. The topological polar surface area (TPSA) is 29.3 Å². The molecule has 4 unspecified atom stereocenters. The van der Waals surface area contributed by atoms with Gasteiger partial charge in [-0.25, -0.2) is 0 Å². The molecule has 0 spiro atoms. The number of hydrogen-bond donors (Lipinski definition) is 1. The monoisotopic (exact) mass is 260 g/mol. The van der Waals surface area contributed by atoms with Crippen molar-refractivity contribution in [3.63, 3.8) is 0 Å². The van der Waals surface area contributed by atoms with Crippen molar-refractivity contribution in [3.8, 4) is 0 Å². The van der Waals surface area contributed by atoms with Gasteiger partial charge in [0.2, 0.25) is 0 Å². The van der Waals surface area contributed by atoms with E-state index in [0.717, 1.165) is 5.92 Å². The Kier molecular flexibility index (Phi) is 4.64. The van der Waals surface area contributed by atoms with E-state index in [4.69, 9.17) is 5.73 Å². The van der Waals surface area contributed by atoms with E-state index in [1.165, 1.54) is 30.5 Å². The second kappa shape index (κ2) is 6.06. The van der Waals surface area contributed by atoms with Crippen LogP contribution >= 0.6 is 0 Å². The molecule has 1 aliphatic rings. The third-order valence-electron chi connectivity index (χ3n) is 4.66. The van der Waals surface area contributed by atoms with Gasteiger partial charge >= 0.3 is 0 Å². The molecule has 2 nitrogen and oxygen atoms in total. The minimum atomic E-state index is 0.162. The molecule has 1 aliphatic heterocycles. The van der Waals surface area contributed by atoms with Gasteiger partial charge in [-0.15, -0.1) is 0 Å². The number of hydrogen-bond acceptors (Lipinski definition) is 2. The molecule has 0 aromatic heterocycles. The van der Waals surface area contributed by atoms with Crippen molar-refractivity contribution in [1.29, 1.82) is 0 Å². The van der Waals surface area contributed by atoms with Crippen molar-refractivity contribution in [1.82, 2.24) is 4.90 Å². The Bertz CT molecular complexity index is 413. The molecule has 1 heterocycles. The van der Waals surface area contributed by atoms with Gasteiger partial charge in [-0.05, 0) is 51.6 Å². The first-order valence-electron chi connectivity index (χ1n) is 7.58. The fourth-order valence-corrected chi connectivity index (χ4v) is 3.41. The molecule has 2 rings (SSSR count). The number of aryl methyl sites for hydroxylation is 1. The third-order valence-corrected chi connectivity index (χ3v) is 4.66. The fourth-order valence-electron chi connectivity index (χ4n) is 3.41. The molecule has 0 radical (unpaired) electrons. The quantitative estimate of drug-likeness (QED) is 0.901. The lowest BCUT2D eigenvalue weighted by Gasteiger charge is -2.44. The molecule has 0 amide bonds. The second-order valence-electron chi connectivity index (χ2n) is 6.32. The number of benzene rings is 1. The number of nitrogens with zero attached hydrogens (tertiary/aromatic N) is 1. The minimum Gasteiger partial charge on any atom is -0.326 e. The third kappa shape index (κ3) is 3.18.